The van der Waals surface area contributed by atoms with E-state index in [0.29, 0.717) is 5.69 Å². The lowest BCUT2D eigenvalue weighted by atomic mass is 10.3. The molecule has 0 bridgehead atoms. The first kappa shape index (κ1) is 17.2. The number of ether oxygens (including phenoxy) is 1. The van der Waals surface area contributed by atoms with Crippen molar-refractivity contribution in [1.29, 1.82) is 0 Å². The number of carbonyl (C=O) groups excluding carboxylic acids is 1. The molecule has 2 rings (SSSR count). The molecule has 0 aliphatic heterocycles. The van der Waals surface area contributed by atoms with E-state index < -0.39 is 12.4 Å². The second-order valence-corrected chi connectivity index (χ2v) is 5.04. The van der Waals surface area contributed by atoms with E-state index in [4.69, 9.17) is 23.2 Å². The van der Waals surface area contributed by atoms with Crippen LogP contribution in [0.3, 0.4) is 0 Å². The van der Waals surface area contributed by atoms with E-state index >= 15 is 0 Å². The lowest BCUT2D eigenvalue weighted by Crippen LogP contribution is -2.20. The number of nitrogens with one attached hydrogen (secondary N) is 2. The van der Waals surface area contributed by atoms with Crippen LogP contribution in [0.4, 0.5) is 29.3 Å². The first-order valence-electron chi connectivity index (χ1n) is 6.12. The lowest BCUT2D eigenvalue weighted by Gasteiger charge is -2.11. The van der Waals surface area contributed by atoms with Gasteiger partial charge in [0.15, 0.2) is 0 Å². The maximum atomic E-state index is 12.0. The Morgan fingerprint density at radius 1 is 1.00 bits per heavy atom. The molecule has 0 saturated carbocycles. The van der Waals surface area contributed by atoms with Gasteiger partial charge in [-0.2, -0.15) is 0 Å². The minimum Gasteiger partial charge on any atom is -0.406 e. The number of anilines is 2. The predicted octanol–water partition coefficient (Wildman–Crippen LogP) is 5.54. The number of rotatable bonds is 3. The van der Waals surface area contributed by atoms with Gasteiger partial charge in [-0.3, -0.25) is 0 Å². The second-order valence-electron chi connectivity index (χ2n) is 4.25. The van der Waals surface area contributed by atoms with Crippen molar-refractivity contribution >= 4 is 40.6 Å². The molecule has 2 N–H and O–H groups in total. The van der Waals surface area contributed by atoms with E-state index in [0.717, 1.165) is 12.1 Å². The van der Waals surface area contributed by atoms with Gasteiger partial charge in [0.05, 0.1) is 15.7 Å². The van der Waals surface area contributed by atoms with Gasteiger partial charge in [0.2, 0.25) is 0 Å². The van der Waals surface area contributed by atoms with Gasteiger partial charge in [-0.15, -0.1) is 13.2 Å². The number of carbonyl (C=O) groups is 1. The summed E-state index contributed by atoms with van der Waals surface area (Å²) in [4.78, 5) is 11.8. The van der Waals surface area contributed by atoms with Crippen LogP contribution in [0, 0.1) is 0 Å². The molecule has 9 heteroatoms. The van der Waals surface area contributed by atoms with Gasteiger partial charge in [0, 0.05) is 5.69 Å². The van der Waals surface area contributed by atoms with E-state index in [2.05, 4.69) is 15.4 Å². The van der Waals surface area contributed by atoms with E-state index in [9.17, 15) is 18.0 Å². The van der Waals surface area contributed by atoms with Crippen LogP contribution in [0.15, 0.2) is 42.5 Å². The molecule has 0 heterocycles. The molecule has 0 aliphatic carbocycles. The average Bonchev–Trinajstić information content (AvgIpc) is 2.44. The molecule has 0 radical (unpaired) electrons. The van der Waals surface area contributed by atoms with Gasteiger partial charge in [0.25, 0.3) is 0 Å². The topological polar surface area (TPSA) is 50.4 Å². The highest BCUT2D eigenvalue weighted by molar-refractivity contribution is 6.44. The predicted molar refractivity (Wildman–Crippen MR) is 82.2 cm³/mol. The number of benzene rings is 2. The molecule has 2 aromatic carbocycles. The lowest BCUT2D eigenvalue weighted by molar-refractivity contribution is -0.274. The summed E-state index contributed by atoms with van der Waals surface area (Å²) in [5.41, 5.74) is 0.573. The van der Waals surface area contributed by atoms with Crippen molar-refractivity contribution in [2.45, 2.75) is 6.36 Å². The number of alkyl halides is 3. The molecule has 0 unspecified atom stereocenters. The molecule has 0 saturated heterocycles. The average molecular weight is 365 g/mol. The quantitative estimate of drug-likeness (QED) is 0.751. The Kier molecular flexibility index (Phi) is 5.23. The summed E-state index contributed by atoms with van der Waals surface area (Å²) in [6.07, 6.45) is -4.77. The number of halogens is 5. The second kappa shape index (κ2) is 6.97. The third kappa shape index (κ3) is 5.22. The number of urea groups is 1. The van der Waals surface area contributed by atoms with Gasteiger partial charge < -0.3 is 15.4 Å². The smallest absolute Gasteiger partial charge is 0.406 e. The number of hydrogen-bond donors (Lipinski definition) is 2. The fourth-order valence-electron chi connectivity index (χ4n) is 1.62. The molecule has 0 fully saturated rings. The molecule has 122 valence electrons. The van der Waals surface area contributed by atoms with Crippen LogP contribution < -0.4 is 15.4 Å². The highest BCUT2D eigenvalue weighted by atomic mass is 35.5. The van der Waals surface area contributed by atoms with Gasteiger partial charge in [-0.05, 0) is 36.4 Å². The summed E-state index contributed by atoms with van der Waals surface area (Å²) < 4.78 is 39.8. The molecule has 0 aliphatic rings. The number of hydrogen-bond acceptors (Lipinski definition) is 2. The molecular formula is C14H9Cl2F3N2O2. The van der Waals surface area contributed by atoms with Crippen molar-refractivity contribution in [3.8, 4) is 5.75 Å². The summed E-state index contributed by atoms with van der Waals surface area (Å²) in [6, 6.07) is 8.78. The van der Waals surface area contributed by atoms with E-state index in [-0.39, 0.29) is 21.5 Å². The van der Waals surface area contributed by atoms with Crippen LogP contribution >= 0.6 is 23.2 Å². The van der Waals surface area contributed by atoms with E-state index in [1.54, 1.807) is 18.2 Å². The van der Waals surface area contributed by atoms with Crippen LogP contribution in [0.5, 0.6) is 5.75 Å². The highest BCUT2D eigenvalue weighted by Gasteiger charge is 2.30. The maximum Gasteiger partial charge on any atom is 0.573 e. The van der Waals surface area contributed by atoms with Crippen LogP contribution in [0.1, 0.15) is 0 Å². The third-order valence-corrected chi connectivity index (χ3v) is 3.36. The van der Waals surface area contributed by atoms with Gasteiger partial charge in [-0.1, -0.05) is 29.3 Å². The van der Waals surface area contributed by atoms with Gasteiger partial charge in [-0.25, -0.2) is 4.79 Å². The zero-order valence-electron chi connectivity index (χ0n) is 11.2. The molecular weight excluding hydrogens is 356 g/mol. The van der Waals surface area contributed by atoms with Gasteiger partial charge in [0.1, 0.15) is 5.75 Å². The number of amides is 2. The molecule has 0 atom stereocenters. The summed E-state index contributed by atoms with van der Waals surface area (Å²) in [7, 11) is 0. The Balaban J connectivity index is 1.99. The summed E-state index contributed by atoms with van der Waals surface area (Å²) in [5, 5.41) is 5.37. The Morgan fingerprint density at radius 3 is 2.26 bits per heavy atom. The zero-order chi connectivity index (χ0) is 17.0. The Bertz CT molecular complexity index is 706. The standard InChI is InChI=1S/C14H9Cl2F3N2O2/c15-10-2-1-3-11(12(10)16)21-13(22)20-8-4-6-9(7-5-8)23-14(17,18)19/h1-7H,(H2,20,21,22). The van der Waals surface area contributed by atoms with Crippen molar-refractivity contribution < 1.29 is 22.7 Å². The molecule has 23 heavy (non-hydrogen) atoms. The fourth-order valence-corrected chi connectivity index (χ4v) is 1.97. The van der Waals surface area contributed by atoms with Crippen molar-refractivity contribution in [1.82, 2.24) is 0 Å². The third-order valence-electron chi connectivity index (χ3n) is 2.55. The molecule has 2 aromatic rings. The highest BCUT2D eigenvalue weighted by Crippen LogP contribution is 2.29. The van der Waals surface area contributed by atoms with Crippen LogP contribution in [0.25, 0.3) is 0 Å². The minimum absolute atomic E-state index is 0.179. The summed E-state index contributed by atoms with van der Waals surface area (Å²) in [5.74, 6) is -0.388. The Labute approximate surface area is 139 Å². The SMILES string of the molecule is O=C(Nc1ccc(OC(F)(F)F)cc1)Nc1cccc(Cl)c1Cl. The zero-order valence-corrected chi connectivity index (χ0v) is 12.8. The first-order chi connectivity index (χ1) is 10.7. The first-order valence-corrected chi connectivity index (χ1v) is 6.88. The maximum absolute atomic E-state index is 12.0. The van der Waals surface area contributed by atoms with Crippen molar-refractivity contribution in [2.75, 3.05) is 10.6 Å². The Hall–Kier alpha value is -2.12. The summed E-state index contributed by atoms with van der Waals surface area (Å²) in [6.45, 7) is 0. The molecule has 4 nitrogen and oxygen atoms in total. The molecule has 0 aromatic heterocycles. The monoisotopic (exact) mass is 364 g/mol. The normalized spacial score (nSPS) is 11.0. The fraction of sp³-hybridized carbons (Fsp3) is 0.0714. The Morgan fingerprint density at radius 2 is 1.65 bits per heavy atom. The largest absolute Gasteiger partial charge is 0.573 e. The van der Waals surface area contributed by atoms with Crippen LogP contribution in [-0.4, -0.2) is 12.4 Å². The van der Waals surface area contributed by atoms with E-state index in [1.807, 2.05) is 0 Å². The van der Waals surface area contributed by atoms with Crippen molar-refractivity contribution in [3.63, 3.8) is 0 Å². The minimum atomic E-state index is -4.77. The van der Waals surface area contributed by atoms with Gasteiger partial charge >= 0.3 is 12.4 Å². The summed E-state index contributed by atoms with van der Waals surface area (Å²) >= 11 is 11.7. The molecule has 2 amide bonds. The van der Waals surface area contributed by atoms with Crippen LogP contribution in [-0.2, 0) is 0 Å². The van der Waals surface area contributed by atoms with Crippen molar-refractivity contribution in [2.24, 2.45) is 0 Å². The van der Waals surface area contributed by atoms with E-state index in [1.165, 1.54) is 12.1 Å². The van der Waals surface area contributed by atoms with Crippen molar-refractivity contribution in [3.05, 3.63) is 52.5 Å². The molecule has 0 spiro atoms. The van der Waals surface area contributed by atoms with Crippen LogP contribution in [0.2, 0.25) is 10.0 Å².